The molecule has 0 bridgehead atoms. The maximum Gasteiger partial charge on any atom is 0.341 e. The van der Waals surface area contributed by atoms with Gasteiger partial charge in [-0.2, -0.15) is 0 Å². The first-order valence-corrected chi connectivity index (χ1v) is 8.57. The lowest BCUT2D eigenvalue weighted by Crippen LogP contribution is -2.10. The number of unbranched alkanes of at least 4 members (excludes halogenated alkanes) is 2. The molecule has 2 aromatic carbocycles. The maximum absolute atomic E-state index is 12.2. The summed E-state index contributed by atoms with van der Waals surface area (Å²) in [7, 11) is 2.91. The zero-order chi connectivity index (χ0) is 18.1. The van der Waals surface area contributed by atoms with Crippen LogP contribution in [0.25, 0.3) is 0 Å². The van der Waals surface area contributed by atoms with Gasteiger partial charge in [0.15, 0.2) is 0 Å². The van der Waals surface area contributed by atoms with E-state index in [0.29, 0.717) is 23.7 Å². The fraction of sp³-hybridized carbons (Fsp3) is 0.381. The van der Waals surface area contributed by atoms with Crippen LogP contribution in [0.2, 0.25) is 0 Å². The van der Waals surface area contributed by atoms with Crippen molar-refractivity contribution in [3.05, 3.63) is 59.2 Å². The summed E-state index contributed by atoms with van der Waals surface area (Å²) in [6.07, 6.45) is 3.90. The maximum atomic E-state index is 12.2. The van der Waals surface area contributed by atoms with Gasteiger partial charge in [0.2, 0.25) is 0 Å². The number of methoxy groups -OCH3 is 2. The molecule has 133 valence electrons. The molecule has 1 radical (unpaired) electrons. The Labute approximate surface area is 149 Å². The SMILES string of the molecule is CCCCCc1[c]c(OCc2ccccc2)cc(OC)c1C(=O)OC. The second kappa shape index (κ2) is 9.72. The zero-order valence-corrected chi connectivity index (χ0v) is 15.1. The van der Waals surface area contributed by atoms with Gasteiger partial charge in [-0.15, -0.1) is 0 Å². The van der Waals surface area contributed by atoms with E-state index in [1.165, 1.54) is 7.11 Å². The van der Waals surface area contributed by atoms with Crippen LogP contribution >= 0.6 is 0 Å². The van der Waals surface area contributed by atoms with Crippen molar-refractivity contribution in [2.24, 2.45) is 0 Å². The Morgan fingerprint density at radius 2 is 1.88 bits per heavy atom. The van der Waals surface area contributed by atoms with Gasteiger partial charge in [-0.1, -0.05) is 50.1 Å². The Hall–Kier alpha value is -2.49. The molecule has 0 heterocycles. The molecule has 2 rings (SSSR count). The molecule has 0 spiro atoms. The standard InChI is InChI=1S/C21H25O4/c1-4-5-7-12-17-13-18(25-15-16-10-8-6-9-11-16)14-19(23-2)20(17)21(22)24-3/h6,8-11,14H,4-5,7,12,15H2,1-3H3. The quantitative estimate of drug-likeness (QED) is 0.494. The van der Waals surface area contributed by atoms with Gasteiger partial charge in [-0.3, -0.25) is 0 Å². The van der Waals surface area contributed by atoms with Gasteiger partial charge in [0.25, 0.3) is 0 Å². The molecule has 0 fully saturated rings. The highest BCUT2D eigenvalue weighted by Crippen LogP contribution is 2.30. The first kappa shape index (κ1) is 18.8. The molecule has 0 saturated carbocycles. The van der Waals surface area contributed by atoms with Crippen molar-refractivity contribution in [2.75, 3.05) is 14.2 Å². The van der Waals surface area contributed by atoms with Crippen LogP contribution in [0.15, 0.2) is 36.4 Å². The third-order valence-corrected chi connectivity index (χ3v) is 3.96. The molecule has 0 aliphatic carbocycles. The van der Waals surface area contributed by atoms with Crippen molar-refractivity contribution >= 4 is 5.97 Å². The average molecular weight is 341 g/mol. The first-order chi connectivity index (χ1) is 12.2. The van der Waals surface area contributed by atoms with Crippen molar-refractivity contribution in [1.82, 2.24) is 0 Å². The molecule has 4 nitrogen and oxygen atoms in total. The van der Waals surface area contributed by atoms with Crippen molar-refractivity contribution in [3.63, 3.8) is 0 Å². The lowest BCUT2D eigenvalue weighted by molar-refractivity contribution is 0.0595. The predicted molar refractivity (Wildman–Crippen MR) is 97.2 cm³/mol. The molecule has 0 aliphatic rings. The number of hydrogen-bond acceptors (Lipinski definition) is 4. The van der Waals surface area contributed by atoms with E-state index in [1.807, 2.05) is 30.3 Å². The van der Waals surface area contributed by atoms with Gasteiger partial charge in [-0.05, 0) is 24.0 Å². The Morgan fingerprint density at radius 3 is 2.52 bits per heavy atom. The number of hydrogen-bond donors (Lipinski definition) is 0. The van der Waals surface area contributed by atoms with Gasteiger partial charge in [-0.25, -0.2) is 4.79 Å². The molecular weight excluding hydrogens is 316 g/mol. The number of aryl methyl sites for hydroxylation is 1. The number of carbonyl (C=O) groups is 1. The van der Waals surface area contributed by atoms with Crippen LogP contribution in [0.5, 0.6) is 11.5 Å². The number of benzene rings is 2. The van der Waals surface area contributed by atoms with Gasteiger partial charge in [0.05, 0.1) is 14.2 Å². The van der Waals surface area contributed by atoms with E-state index < -0.39 is 5.97 Å². The van der Waals surface area contributed by atoms with Gasteiger partial charge < -0.3 is 14.2 Å². The van der Waals surface area contributed by atoms with Crippen molar-refractivity contribution in [1.29, 1.82) is 0 Å². The van der Waals surface area contributed by atoms with E-state index in [9.17, 15) is 4.79 Å². The number of esters is 1. The molecule has 0 aromatic heterocycles. The van der Waals surface area contributed by atoms with Gasteiger partial charge in [0.1, 0.15) is 23.7 Å². The van der Waals surface area contributed by atoms with E-state index in [0.717, 1.165) is 36.8 Å². The van der Waals surface area contributed by atoms with Crippen molar-refractivity contribution in [3.8, 4) is 11.5 Å². The highest BCUT2D eigenvalue weighted by atomic mass is 16.5. The summed E-state index contributed by atoms with van der Waals surface area (Å²) in [6, 6.07) is 14.8. The third-order valence-electron chi connectivity index (χ3n) is 3.96. The molecule has 2 aromatic rings. The Bertz CT molecular complexity index is 680. The van der Waals surface area contributed by atoms with Crippen molar-refractivity contribution < 1.29 is 19.0 Å². The van der Waals surface area contributed by atoms with Crippen LogP contribution in [0.4, 0.5) is 0 Å². The molecule has 0 unspecified atom stereocenters. The van der Waals surface area contributed by atoms with Crippen LogP contribution in [-0.2, 0) is 17.8 Å². The van der Waals surface area contributed by atoms with Crippen LogP contribution in [0.3, 0.4) is 0 Å². The van der Waals surface area contributed by atoms with Crippen molar-refractivity contribution in [2.45, 2.75) is 39.2 Å². The van der Waals surface area contributed by atoms with Crippen LogP contribution in [0, 0.1) is 6.07 Å². The minimum atomic E-state index is -0.408. The van der Waals surface area contributed by atoms with E-state index in [1.54, 1.807) is 13.2 Å². The second-order valence-electron chi connectivity index (χ2n) is 5.78. The van der Waals surface area contributed by atoms with Gasteiger partial charge in [0, 0.05) is 12.1 Å². The minimum Gasteiger partial charge on any atom is -0.496 e. The fourth-order valence-electron chi connectivity index (χ4n) is 2.63. The summed E-state index contributed by atoms with van der Waals surface area (Å²) in [5.74, 6) is 0.620. The zero-order valence-electron chi connectivity index (χ0n) is 15.1. The minimum absolute atomic E-state index is 0.408. The Balaban J connectivity index is 2.27. The molecule has 0 amide bonds. The molecule has 0 saturated heterocycles. The summed E-state index contributed by atoms with van der Waals surface area (Å²) >= 11 is 0. The van der Waals surface area contributed by atoms with Crippen LogP contribution in [0.1, 0.15) is 47.7 Å². The van der Waals surface area contributed by atoms with E-state index >= 15 is 0 Å². The van der Waals surface area contributed by atoms with Crippen LogP contribution in [-0.4, -0.2) is 20.2 Å². The normalized spacial score (nSPS) is 10.4. The highest BCUT2D eigenvalue weighted by molar-refractivity contribution is 5.94. The Kier molecular flexibility index (Phi) is 7.33. The monoisotopic (exact) mass is 341 g/mol. The summed E-state index contributed by atoms with van der Waals surface area (Å²) < 4.78 is 16.2. The lowest BCUT2D eigenvalue weighted by atomic mass is 9.99. The summed E-state index contributed by atoms with van der Waals surface area (Å²) in [5, 5.41) is 0. The topological polar surface area (TPSA) is 44.8 Å². The molecule has 0 aliphatic heterocycles. The average Bonchev–Trinajstić information content (AvgIpc) is 2.66. The molecule has 25 heavy (non-hydrogen) atoms. The lowest BCUT2D eigenvalue weighted by Gasteiger charge is -2.15. The van der Waals surface area contributed by atoms with E-state index in [2.05, 4.69) is 13.0 Å². The van der Waals surface area contributed by atoms with Crippen LogP contribution < -0.4 is 9.47 Å². The summed E-state index contributed by atoms with van der Waals surface area (Å²) in [4.78, 5) is 12.2. The molecule has 0 N–H and O–H groups in total. The largest absolute Gasteiger partial charge is 0.496 e. The number of rotatable bonds is 9. The van der Waals surface area contributed by atoms with Gasteiger partial charge >= 0.3 is 5.97 Å². The molecule has 0 atom stereocenters. The number of ether oxygens (including phenoxy) is 3. The fourth-order valence-corrected chi connectivity index (χ4v) is 2.63. The summed E-state index contributed by atoms with van der Waals surface area (Å²) in [5.41, 5.74) is 2.29. The predicted octanol–water partition coefficient (Wildman–Crippen LogP) is 4.59. The third kappa shape index (κ3) is 5.24. The Morgan fingerprint density at radius 1 is 1.12 bits per heavy atom. The smallest absolute Gasteiger partial charge is 0.341 e. The first-order valence-electron chi connectivity index (χ1n) is 8.57. The molecular formula is C21H25O4. The summed E-state index contributed by atoms with van der Waals surface area (Å²) in [6.45, 7) is 2.58. The number of carbonyl (C=O) groups excluding carboxylic acids is 1. The highest BCUT2D eigenvalue weighted by Gasteiger charge is 2.20. The second-order valence-corrected chi connectivity index (χ2v) is 5.78. The van der Waals surface area contributed by atoms with E-state index in [-0.39, 0.29) is 0 Å². The van der Waals surface area contributed by atoms with E-state index in [4.69, 9.17) is 14.2 Å². The molecule has 4 heteroatoms.